The largest absolute Gasteiger partial charge is 0.467 e. The van der Waals surface area contributed by atoms with Gasteiger partial charge in [0.25, 0.3) is 0 Å². The van der Waals surface area contributed by atoms with Gasteiger partial charge in [-0.05, 0) is 42.9 Å². The first-order valence-corrected chi connectivity index (χ1v) is 12.2. The van der Waals surface area contributed by atoms with Gasteiger partial charge in [-0.2, -0.15) is 0 Å². The summed E-state index contributed by atoms with van der Waals surface area (Å²) in [7, 11) is 0. The number of thioether (sulfide) groups is 1. The van der Waals surface area contributed by atoms with Crippen molar-refractivity contribution in [2.75, 3.05) is 0 Å². The van der Waals surface area contributed by atoms with Crippen LogP contribution < -0.4 is 5.32 Å². The predicted octanol–water partition coefficient (Wildman–Crippen LogP) is 5.75. The highest BCUT2D eigenvalue weighted by atomic mass is 32.2. The molecule has 1 aromatic carbocycles. The van der Waals surface area contributed by atoms with Crippen molar-refractivity contribution in [1.29, 1.82) is 0 Å². The Morgan fingerprint density at radius 3 is 2.53 bits per heavy atom. The van der Waals surface area contributed by atoms with Gasteiger partial charge in [0.1, 0.15) is 5.76 Å². The number of hydrogen-bond acceptors (Lipinski definition) is 5. The maximum atomic E-state index is 12.7. The van der Waals surface area contributed by atoms with Crippen LogP contribution in [0.25, 0.3) is 11.4 Å². The molecule has 1 N–H and O–H groups in total. The van der Waals surface area contributed by atoms with E-state index in [1.807, 2.05) is 19.1 Å². The molecule has 2 heterocycles. The van der Waals surface area contributed by atoms with Crippen molar-refractivity contribution in [3.8, 4) is 11.4 Å². The molecule has 6 nitrogen and oxygen atoms in total. The summed E-state index contributed by atoms with van der Waals surface area (Å²) in [6, 6.07) is 12.7. The van der Waals surface area contributed by atoms with E-state index in [1.54, 1.807) is 6.26 Å². The lowest BCUT2D eigenvalue weighted by Gasteiger charge is -2.20. The number of nitrogens with one attached hydrogen (secondary N) is 1. The molecule has 1 aliphatic rings. The number of benzene rings is 1. The summed E-state index contributed by atoms with van der Waals surface area (Å²) in [5, 5.41) is 12.6. The van der Waals surface area contributed by atoms with Crippen LogP contribution in [0.5, 0.6) is 0 Å². The second kappa shape index (κ2) is 9.53. The minimum absolute atomic E-state index is 0.0385. The van der Waals surface area contributed by atoms with E-state index in [9.17, 15) is 4.79 Å². The number of carbonyl (C=O) groups excluding carboxylic acids is 1. The summed E-state index contributed by atoms with van der Waals surface area (Å²) < 4.78 is 7.57. The average Bonchev–Trinajstić information content (AvgIpc) is 3.52. The highest BCUT2D eigenvalue weighted by molar-refractivity contribution is 8.00. The van der Waals surface area contributed by atoms with E-state index in [0.717, 1.165) is 35.1 Å². The van der Waals surface area contributed by atoms with Gasteiger partial charge in [-0.1, -0.05) is 69.6 Å². The minimum atomic E-state index is -0.287. The number of furan rings is 1. The topological polar surface area (TPSA) is 73.0 Å². The lowest BCUT2D eigenvalue weighted by Crippen LogP contribution is -2.30. The van der Waals surface area contributed by atoms with Gasteiger partial charge in [-0.3, -0.25) is 9.36 Å². The summed E-state index contributed by atoms with van der Waals surface area (Å²) in [6.45, 7) is 8.95. The van der Waals surface area contributed by atoms with Crippen molar-refractivity contribution in [3.05, 3.63) is 54.0 Å². The van der Waals surface area contributed by atoms with Crippen molar-refractivity contribution in [1.82, 2.24) is 20.1 Å². The van der Waals surface area contributed by atoms with E-state index in [1.165, 1.54) is 30.2 Å². The second-order valence-electron chi connectivity index (χ2n) is 9.50. The van der Waals surface area contributed by atoms with Crippen LogP contribution in [-0.4, -0.2) is 25.9 Å². The molecule has 0 aliphatic heterocycles. The number of rotatable bonds is 7. The van der Waals surface area contributed by atoms with E-state index in [4.69, 9.17) is 4.42 Å². The number of hydrogen-bond donors (Lipinski definition) is 1. The Morgan fingerprint density at radius 1 is 1.19 bits per heavy atom. The van der Waals surface area contributed by atoms with Gasteiger partial charge in [0.2, 0.25) is 5.91 Å². The molecular formula is C25H32N4O2S. The Balaban J connectivity index is 1.54. The molecule has 4 rings (SSSR count). The highest BCUT2D eigenvalue weighted by Gasteiger charge is 2.27. The summed E-state index contributed by atoms with van der Waals surface area (Å²) in [5.74, 6) is 1.59. The number of amides is 1. The molecule has 0 radical (unpaired) electrons. The van der Waals surface area contributed by atoms with Gasteiger partial charge in [0, 0.05) is 11.6 Å². The van der Waals surface area contributed by atoms with Crippen LogP contribution in [0.15, 0.2) is 52.2 Å². The molecule has 1 amide bonds. The Hall–Kier alpha value is -2.54. The maximum Gasteiger partial charge on any atom is 0.233 e. The molecule has 3 aromatic rings. The van der Waals surface area contributed by atoms with Gasteiger partial charge in [0.05, 0.1) is 18.1 Å². The van der Waals surface area contributed by atoms with E-state index < -0.39 is 0 Å². The third-order valence-corrected chi connectivity index (χ3v) is 7.09. The van der Waals surface area contributed by atoms with Crippen molar-refractivity contribution in [2.45, 2.75) is 81.8 Å². The maximum absolute atomic E-state index is 12.7. The van der Waals surface area contributed by atoms with Crippen molar-refractivity contribution >= 4 is 17.7 Å². The SMILES string of the molecule is CC(Sc1nnc(-c2ccc(C(C)(C)C)cc2)n1C1CCCC1)C(=O)NCc1ccco1. The van der Waals surface area contributed by atoms with Crippen molar-refractivity contribution < 1.29 is 9.21 Å². The summed E-state index contributed by atoms with van der Waals surface area (Å²) >= 11 is 1.47. The fourth-order valence-corrected chi connectivity index (χ4v) is 5.05. The van der Waals surface area contributed by atoms with Gasteiger partial charge in [0.15, 0.2) is 11.0 Å². The summed E-state index contributed by atoms with van der Waals surface area (Å²) in [4.78, 5) is 12.7. The average molecular weight is 453 g/mol. The van der Waals surface area contributed by atoms with E-state index >= 15 is 0 Å². The summed E-state index contributed by atoms with van der Waals surface area (Å²) in [6.07, 6.45) is 6.29. The lowest BCUT2D eigenvalue weighted by atomic mass is 9.86. The molecule has 0 bridgehead atoms. The van der Waals surface area contributed by atoms with Crippen LogP contribution in [0.4, 0.5) is 0 Å². The van der Waals surface area contributed by atoms with Crippen LogP contribution in [0.2, 0.25) is 0 Å². The first-order valence-electron chi connectivity index (χ1n) is 11.4. The molecule has 1 aliphatic carbocycles. The van der Waals surface area contributed by atoms with E-state index in [2.05, 4.69) is 65.1 Å². The predicted molar refractivity (Wildman–Crippen MR) is 128 cm³/mol. The Kier molecular flexibility index (Phi) is 6.74. The molecule has 0 saturated heterocycles. The third kappa shape index (κ3) is 5.09. The first-order chi connectivity index (χ1) is 15.3. The molecular weight excluding hydrogens is 420 g/mol. The van der Waals surface area contributed by atoms with E-state index in [-0.39, 0.29) is 16.6 Å². The second-order valence-corrected chi connectivity index (χ2v) is 10.8. The van der Waals surface area contributed by atoms with Crippen LogP contribution in [0.3, 0.4) is 0 Å². The molecule has 1 fully saturated rings. The Bertz CT molecular complexity index is 1030. The van der Waals surface area contributed by atoms with Gasteiger partial charge in [-0.15, -0.1) is 10.2 Å². The van der Waals surface area contributed by atoms with Crippen LogP contribution in [0, 0.1) is 0 Å². The monoisotopic (exact) mass is 452 g/mol. The highest BCUT2D eigenvalue weighted by Crippen LogP contribution is 2.38. The zero-order valence-corrected chi connectivity index (χ0v) is 20.1. The van der Waals surface area contributed by atoms with Crippen LogP contribution in [0.1, 0.15) is 70.7 Å². The fraction of sp³-hybridized carbons (Fsp3) is 0.480. The normalized spacial score (nSPS) is 15.8. The van der Waals surface area contributed by atoms with Crippen molar-refractivity contribution in [3.63, 3.8) is 0 Å². The molecule has 1 unspecified atom stereocenters. The zero-order chi connectivity index (χ0) is 22.7. The molecule has 1 saturated carbocycles. The first kappa shape index (κ1) is 22.6. The van der Waals surface area contributed by atoms with Gasteiger partial charge < -0.3 is 9.73 Å². The molecule has 1 atom stereocenters. The molecule has 7 heteroatoms. The number of carbonyl (C=O) groups is 1. The fourth-order valence-electron chi connectivity index (χ4n) is 4.11. The van der Waals surface area contributed by atoms with Gasteiger partial charge >= 0.3 is 0 Å². The summed E-state index contributed by atoms with van der Waals surface area (Å²) in [5.41, 5.74) is 2.47. The van der Waals surface area contributed by atoms with Crippen LogP contribution in [-0.2, 0) is 16.8 Å². The Labute approximate surface area is 194 Å². The van der Waals surface area contributed by atoms with E-state index in [0.29, 0.717) is 12.6 Å². The minimum Gasteiger partial charge on any atom is -0.467 e. The smallest absolute Gasteiger partial charge is 0.233 e. The number of aromatic nitrogens is 3. The third-order valence-electron chi connectivity index (χ3n) is 6.03. The molecule has 2 aromatic heterocycles. The lowest BCUT2D eigenvalue weighted by molar-refractivity contribution is -0.120. The van der Waals surface area contributed by atoms with Crippen molar-refractivity contribution in [2.24, 2.45) is 0 Å². The zero-order valence-electron chi connectivity index (χ0n) is 19.3. The Morgan fingerprint density at radius 2 is 1.91 bits per heavy atom. The molecule has 170 valence electrons. The molecule has 0 spiro atoms. The molecule has 32 heavy (non-hydrogen) atoms. The number of nitrogens with zero attached hydrogens (tertiary/aromatic N) is 3. The quantitative estimate of drug-likeness (QED) is 0.462. The van der Waals surface area contributed by atoms with Gasteiger partial charge in [-0.25, -0.2) is 0 Å². The standard InChI is InChI=1S/C25H32N4O2S/c1-17(23(30)26-16-21-10-7-15-31-21)32-24-28-27-22(29(24)20-8-5-6-9-20)18-11-13-19(14-12-18)25(2,3)4/h7,10-15,17,20H,5-6,8-9,16H2,1-4H3,(H,26,30). The van der Waals surface area contributed by atoms with Crippen LogP contribution >= 0.6 is 11.8 Å².